The van der Waals surface area contributed by atoms with Crippen molar-refractivity contribution in [1.29, 1.82) is 0 Å². The molecule has 2 aliphatic heterocycles. The molecule has 0 N–H and O–H groups in total. The molecule has 5 rings (SSSR count). The lowest BCUT2D eigenvalue weighted by molar-refractivity contribution is -0.121. The topological polar surface area (TPSA) is 79.4 Å². The maximum absolute atomic E-state index is 13.3. The molecule has 1 unspecified atom stereocenters. The Morgan fingerprint density at radius 1 is 0.930 bits per heavy atom. The number of ether oxygens (including phenoxy) is 2. The Balaban J connectivity index is 1.15. The van der Waals surface area contributed by atoms with Crippen LogP contribution < -0.4 is 14.4 Å². The molecule has 3 aromatic rings. The van der Waals surface area contributed by atoms with Crippen LogP contribution in [0.5, 0.6) is 11.5 Å². The van der Waals surface area contributed by atoms with Crippen molar-refractivity contribution >= 4 is 57.7 Å². The first-order chi connectivity index (χ1) is 20.9. The first-order valence-electron chi connectivity index (χ1n) is 14.0. The fourth-order valence-electron chi connectivity index (χ4n) is 5.09. The molecule has 222 valence electrons. The van der Waals surface area contributed by atoms with Crippen molar-refractivity contribution in [3.05, 3.63) is 95.6 Å². The fraction of sp³-hybridized carbons (Fsp3) is 0.273. The van der Waals surface area contributed by atoms with Crippen LogP contribution in [0.25, 0.3) is 6.08 Å². The lowest BCUT2D eigenvalue weighted by Gasteiger charge is -2.36. The van der Waals surface area contributed by atoms with Crippen LogP contribution in [0.15, 0.2) is 78.9 Å². The molecule has 1 atom stereocenters. The van der Waals surface area contributed by atoms with Crippen LogP contribution in [0.4, 0.5) is 5.69 Å². The van der Waals surface area contributed by atoms with Gasteiger partial charge >= 0.3 is 0 Å². The zero-order chi connectivity index (χ0) is 30.3. The van der Waals surface area contributed by atoms with Crippen molar-refractivity contribution in [1.82, 2.24) is 9.80 Å². The number of amides is 2. The fourth-order valence-corrected chi connectivity index (χ4v) is 6.63. The highest BCUT2D eigenvalue weighted by atomic mass is 32.2. The van der Waals surface area contributed by atoms with Gasteiger partial charge in [0.05, 0.1) is 19.9 Å². The predicted octanol–water partition coefficient (Wildman–Crippen LogP) is 5.07. The number of piperazine rings is 1. The van der Waals surface area contributed by atoms with Crippen molar-refractivity contribution in [2.24, 2.45) is 0 Å². The van der Waals surface area contributed by atoms with E-state index in [0.717, 1.165) is 38.3 Å². The van der Waals surface area contributed by atoms with Crippen LogP contribution in [0.3, 0.4) is 0 Å². The molecular weight excluding hydrogens is 583 g/mol. The standard InChI is InChI=1S/C33H33N3O5S2/c1-40-28-15-9-23(20-29(28)41-2)8-14-27(37)25-10-12-26(13-11-25)36-31(38)21-30(32(36)39)43-33(42)35-18-16-34(17-19-35)22-24-6-4-3-5-7-24/h3-15,20,30H,16-19,21-22H2,1-2H3/b14-8+. The number of carbonyl (C=O) groups excluding carboxylic acids is 3. The highest BCUT2D eigenvalue weighted by molar-refractivity contribution is 8.23. The zero-order valence-electron chi connectivity index (χ0n) is 24.1. The van der Waals surface area contributed by atoms with Gasteiger partial charge < -0.3 is 14.4 Å². The monoisotopic (exact) mass is 615 g/mol. The third kappa shape index (κ3) is 7.33. The minimum atomic E-state index is -0.562. The Morgan fingerprint density at radius 3 is 2.30 bits per heavy atom. The van der Waals surface area contributed by atoms with Gasteiger partial charge in [-0.05, 0) is 53.6 Å². The normalized spacial score (nSPS) is 17.5. The van der Waals surface area contributed by atoms with Crippen LogP contribution in [-0.4, -0.2) is 77.4 Å². The van der Waals surface area contributed by atoms with Gasteiger partial charge in [0.1, 0.15) is 9.57 Å². The van der Waals surface area contributed by atoms with Gasteiger partial charge in [-0.2, -0.15) is 0 Å². The summed E-state index contributed by atoms with van der Waals surface area (Å²) in [5.41, 5.74) is 2.95. The third-order valence-corrected chi connectivity index (χ3v) is 9.13. The predicted molar refractivity (Wildman–Crippen MR) is 174 cm³/mol. The summed E-state index contributed by atoms with van der Waals surface area (Å²) in [7, 11) is 3.12. The molecule has 43 heavy (non-hydrogen) atoms. The van der Waals surface area contributed by atoms with E-state index in [4.69, 9.17) is 21.7 Å². The smallest absolute Gasteiger partial charge is 0.247 e. The molecule has 0 aromatic heterocycles. The van der Waals surface area contributed by atoms with Crippen molar-refractivity contribution < 1.29 is 23.9 Å². The summed E-state index contributed by atoms with van der Waals surface area (Å²) in [6.45, 7) is 4.24. The van der Waals surface area contributed by atoms with Crippen LogP contribution in [0.2, 0.25) is 0 Å². The van der Waals surface area contributed by atoms with E-state index in [1.54, 1.807) is 56.7 Å². The van der Waals surface area contributed by atoms with Gasteiger partial charge in [0, 0.05) is 44.7 Å². The van der Waals surface area contributed by atoms with Gasteiger partial charge in [-0.15, -0.1) is 0 Å². The number of imide groups is 1. The maximum atomic E-state index is 13.3. The molecule has 2 aliphatic rings. The molecule has 2 fully saturated rings. The van der Waals surface area contributed by atoms with E-state index in [1.807, 2.05) is 12.1 Å². The molecule has 0 spiro atoms. The molecule has 8 nitrogen and oxygen atoms in total. The van der Waals surface area contributed by atoms with E-state index >= 15 is 0 Å². The second-order valence-corrected chi connectivity index (χ2v) is 12.1. The minimum absolute atomic E-state index is 0.0896. The summed E-state index contributed by atoms with van der Waals surface area (Å²) in [4.78, 5) is 44.6. The van der Waals surface area contributed by atoms with Gasteiger partial charge in [-0.3, -0.25) is 19.3 Å². The van der Waals surface area contributed by atoms with E-state index in [1.165, 1.54) is 28.3 Å². The SMILES string of the molecule is COc1ccc(/C=C/C(=O)c2ccc(N3C(=O)CC(SC(=S)N4CCN(Cc5ccccc5)CC4)C3=O)cc2)cc1OC. The molecule has 10 heteroatoms. The number of nitrogens with zero attached hydrogens (tertiary/aromatic N) is 3. The van der Waals surface area contributed by atoms with Crippen LogP contribution in [-0.2, 0) is 16.1 Å². The first-order valence-corrected chi connectivity index (χ1v) is 15.3. The number of hydrogen-bond acceptors (Lipinski definition) is 8. The van der Waals surface area contributed by atoms with Crippen molar-refractivity contribution in [2.45, 2.75) is 18.2 Å². The van der Waals surface area contributed by atoms with Gasteiger partial charge in [0.25, 0.3) is 0 Å². The maximum Gasteiger partial charge on any atom is 0.247 e. The Morgan fingerprint density at radius 2 is 1.63 bits per heavy atom. The molecule has 0 radical (unpaired) electrons. The number of methoxy groups -OCH3 is 2. The molecule has 0 bridgehead atoms. The number of thioether (sulfide) groups is 1. The van der Waals surface area contributed by atoms with Gasteiger partial charge in [0.2, 0.25) is 11.8 Å². The molecule has 0 saturated carbocycles. The number of carbonyl (C=O) groups is 3. The van der Waals surface area contributed by atoms with Crippen molar-refractivity contribution in [2.75, 3.05) is 45.3 Å². The molecule has 2 amide bonds. The number of allylic oxidation sites excluding steroid dienone is 1. The van der Waals surface area contributed by atoms with Crippen LogP contribution in [0.1, 0.15) is 27.9 Å². The summed E-state index contributed by atoms with van der Waals surface area (Å²) in [6, 6.07) is 22.3. The van der Waals surface area contributed by atoms with E-state index in [2.05, 4.69) is 34.1 Å². The number of hydrogen-bond donors (Lipinski definition) is 0. The summed E-state index contributed by atoms with van der Waals surface area (Å²) in [6.07, 6.45) is 3.25. The Hall–Kier alpha value is -3.99. The second-order valence-electron chi connectivity index (χ2n) is 10.3. The van der Waals surface area contributed by atoms with Gasteiger partial charge in [-0.1, -0.05) is 66.5 Å². The molecule has 2 saturated heterocycles. The van der Waals surface area contributed by atoms with E-state index in [0.29, 0.717) is 27.1 Å². The molecular formula is C33H33N3O5S2. The summed E-state index contributed by atoms with van der Waals surface area (Å²) in [5, 5.41) is -0.562. The van der Waals surface area contributed by atoms with Crippen molar-refractivity contribution in [3.63, 3.8) is 0 Å². The van der Waals surface area contributed by atoms with Crippen LogP contribution >= 0.6 is 24.0 Å². The molecule has 3 aromatic carbocycles. The van der Waals surface area contributed by atoms with E-state index in [9.17, 15) is 14.4 Å². The number of anilines is 1. The average Bonchev–Trinajstić information content (AvgIpc) is 3.32. The highest BCUT2D eigenvalue weighted by Crippen LogP contribution is 2.32. The lowest BCUT2D eigenvalue weighted by Crippen LogP contribution is -2.47. The Bertz CT molecular complexity index is 1520. The largest absolute Gasteiger partial charge is 0.493 e. The number of ketones is 1. The minimum Gasteiger partial charge on any atom is -0.493 e. The second kappa shape index (κ2) is 14.0. The molecule has 2 heterocycles. The Labute approximate surface area is 261 Å². The molecule has 0 aliphatic carbocycles. The first kappa shape index (κ1) is 30.5. The average molecular weight is 616 g/mol. The van der Waals surface area contributed by atoms with Gasteiger partial charge in [-0.25, -0.2) is 4.90 Å². The quantitative estimate of drug-likeness (QED) is 0.142. The number of thiocarbonyl (C=S) groups is 1. The van der Waals surface area contributed by atoms with E-state index < -0.39 is 5.25 Å². The van der Waals surface area contributed by atoms with E-state index in [-0.39, 0.29) is 24.0 Å². The summed E-state index contributed by atoms with van der Waals surface area (Å²) in [5.74, 6) is 0.411. The summed E-state index contributed by atoms with van der Waals surface area (Å²) < 4.78 is 11.2. The summed E-state index contributed by atoms with van der Waals surface area (Å²) >= 11 is 6.98. The zero-order valence-corrected chi connectivity index (χ0v) is 25.7. The number of rotatable bonds is 9. The van der Waals surface area contributed by atoms with Gasteiger partial charge in [0.15, 0.2) is 17.3 Å². The third-order valence-electron chi connectivity index (χ3n) is 7.47. The highest BCUT2D eigenvalue weighted by Gasteiger charge is 2.41. The van der Waals surface area contributed by atoms with Crippen LogP contribution in [0, 0.1) is 0 Å². The number of benzene rings is 3. The Kier molecular flexibility index (Phi) is 9.91. The lowest BCUT2D eigenvalue weighted by atomic mass is 10.1. The van der Waals surface area contributed by atoms with Crippen molar-refractivity contribution in [3.8, 4) is 11.5 Å².